The lowest BCUT2D eigenvalue weighted by molar-refractivity contribution is -0.138. The molecule has 3 atom stereocenters. The molecule has 9 N–H and O–H groups in total. The van der Waals surface area contributed by atoms with Gasteiger partial charge in [0.25, 0.3) is 0 Å². The molecule has 3 unspecified atom stereocenters. The molecule has 0 bridgehead atoms. The number of hydrogen-bond acceptors (Lipinski definition) is 6. The van der Waals surface area contributed by atoms with Crippen LogP contribution in [0.2, 0.25) is 0 Å². The number of H-pyrrole nitrogens is 1. The van der Waals surface area contributed by atoms with E-state index < -0.39 is 54.3 Å². The molecule has 0 fully saturated rings. The molecule has 4 amide bonds. The summed E-state index contributed by atoms with van der Waals surface area (Å²) < 4.78 is 0. The number of aromatic nitrogens is 1. The van der Waals surface area contributed by atoms with E-state index in [-0.39, 0.29) is 19.3 Å². The van der Waals surface area contributed by atoms with Crippen LogP contribution in [-0.4, -0.2) is 64.4 Å². The number of para-hydroxylation sites is 1. The largest absolute Gasteiger partial charge is 0.480 e. The number of nitrogens with two attached hydrogens (primary N) is 2. The van der Waals surface area contributed by atoms with Crippen molar-refractivity contribution in [2.75, 3.05) is 6.54 Å². The van der Waals surface area contributed by atoms with Crippen LogP contribution >= 0.6 is 0 Å². The molecule has 12 heteroatoms. The maximum Gasteiger partial charge on any atom is 0.322 e. The van der Waals surface area contributed by atoms with Crippen LogP contribution in [-0.2, 0) is 30.4 Å². The predicted molar refractivity (Wildman–Crippen MR) is 119 cm³/mol. The minimum Gasteiger partial charge on any atom is -0.480 e. The number of nitrogens with one attached hydrogen (secondary N) is 4. The molecule has 178 valence electrons. The number of carbonyl (C=O) groups is 5. The first kappa shape index (κ1) is 25.3. The minimum absolute atomic E-state index is 0.132. The van der Waals surface area contributed by atoms with Gasteiger partial charge in [0.1, 0.15) is 18.6 Å². The van der Waals surface area contributed by atoms with E-state index in [1.165, 1.54) is 6.92 Å². The highest BCUT2D eigenvalue weighted by Gasteiger charge is 2.26. The van der Waals surface area contributed by atoms with Crippen molar-refractivity contribution in [3.8, 4) is 0 Å². The summed E-state index contributed by atoms with van der Waals surface area (Å²) in [7, 11) is 0. The number of carboxylic acids is 1. The summed E-state index contributed by atoms with van der Waals surface area (Å²) in [6.07, 6.45) is 1.67. The van der Waals surface area contributed by atoms with E-state index in [0.717, 1.165) is 16.5 Å². The van der Waals surface area contributed by atoms with Crippen LogP contribution < -0.4 is 27.4 Å². The molecule has 0 aliphatic heterocycles. The number of benzene rings is 1. The summed E-state index contributed by atoms with van der Waals surface area (Å²) in [4.78, 5) is 62.0. The lowest BCUT2D eigenvalue weighted by Gasteiger charge is -2.21. The Hall–Kier alpha value is -3.93. The lowest BCUT2D eigenvalue weighted by atomic mass is 10.0. The Morgan fingerprint density at radius 3 is 2.42 bits per heavy atom. The number of hydrogen-bond donors (Lipinski definition) is 7. The van der Waals surface area contributed by atoms with E-state index in [4.69, 9.17) is 16.6 Å². The van der Waals surface area contributed by atoms with Gasteiger partial charge in [-0.05, 0) is 31.4 Å². The first-order valence-corrected chi connectivity index (χ1v) is 10.3. The van der Waals surface area contributed by atoms with Crippen LogP contribution in [0.15, 0.2) is 30.5 Å². The van der Waals surface area contributed by atoms with Crippen molar-refractivity contribution in [2.24, 2.45) is 11.5 Å². The quantitative estimate of drug-likeness (QED) is 0.199. The third-order valence-corrected chi connectivity index (χ3v) is 4.93. The van der Waals surface area contributed by atoms with Gasteiger partial charge >= 0.3 is 5.97 Å². The molecular weight excluding hydrogens is 432 g/mol. The van der Waals surface area contributed by atoms with E-state index >= 15 is 0 Å². The molecule has 0 saturated carbocycles. The van der Waals surface area contributed by atoms with Crippen LogP contribution in [0.4, 0.5) is 0 Å². The summed E-state index contributed by atoms with van der Waals surface area (Å²) in [5, 5.41) is 16.7. The molecule has 0 saturated heterocycles. The number of fused-ring (bicyclic) bond motifs is 1. The van der Waals surface area contributed by atoms with E-state index in [9.17, 15) is 24.0 Å². The third-order valence-electron chi connectivity index (χ3n) is 4.93. The van der Waals surface area contributed by atoms with Gasteiger partial charge in [0.05, 0.1) is 6.04 Å². The summed E-state index contributed by atoms with van der Waals surface area (Å²) >= 11 is 0. The smallest absolute Gasteiger partial charge is 0.322 e. The van der Waals surface area contributed by atoms with Crippen molar-refractivity contribution in [3.05, 3.63) is 36.0 Å². The van der Waals surface area contributed by atoms with E-state index in [1.807, 2.05) is 24.3 Å². The summed E-state index contributed by atoms with van der Waals surface area (Å²) in [5.41, 5.74) is 12.9. The van der Waals surface area contributed by atoms with Crippen LogP contribution in [0.3, 0.4) is 0 Å². The average Bonchev–Trinajstić information content (AvgIpc) is 3.17. The van der Waals surface area contributed by atoms with Crippen molar-refractivity contribution < 1.29 is 29.1 Å². The molecule has 12 nitrogen and oxygen atoms in total. The average molecular weight is 460 g/mol. The number of aliphatic carboxylic acids is 1. The summed E-state index contributed by atoms with van der Waals surface area (Å²) in [6.45, 7) is 0.753. The molecule has 2 rings (SSSR count). The molecule has 0 aliphatic carbocycles. The Labute approximate surface area is 189 Å². The number of carboxylic acid groups (broad SMARTS) is 1. The highest BCUT2D eigenvalue weighted by Crippen LogP contribution is 2.18. The van der Waals surface area contributed by atoms with Gasteiger partial charge in [0.2, 0.25) is 23.6 Å². The summed E-state index contributed by atoms with van der Waals surface area (Å²) in [6, 6.07) is 4.39. The van der Waals surface area contributed by atoms with Gasteiger partial charge in [-0.3, -0.25) is 24.0 Å². The van der Waals surface area contributed by atoms with Crippen molar-refractivity contribution in [1.82, 2.24) is 20.9 Å². The SMILES string of the molecule is CC(NC(=O)C(N)Cc1c[nH]c2ccccc12)C(=O)NC(CCC(N)=O)C(=O)NCC(=O)O. The normalized spacial score (nSPS) is 13.5. The fourth-order valence-corrected chi connectivity index (χ4v) is 3.15. The van der Waals surface area contributed by atoms with E-state index in [2.05, 4.69) is 20.9 Å². The zero-order valence-corrected chi connectivity index (χ0v) is 18.1. The van der Waals surface area contributed by atoms with Gasteiger partial charge in [-0.15, -0.1) is 0 Å². The zero-order valence-electron chi connectivity index (χ0n) is 18.1. The Balaban J connectivity index is 1.95. The first-order chi connectivity index (χ1) is 15.6. The Morgan fingerprint density at radius 2 is 1.76 bits per heavy atom. The summed E-state index contributed by atoms with van der Waals surface area (Å²) in [5.74, 6) is -4.02. The number of primary amides is 1. The second kappa shape index (κ2) is 11.6. The van der Waals surface area contributed by atoms with Gasteiger partial charge in [0.15, 0.2) is 0 Å². The molecule has 0 spiro atoms. The maximum atomic E-state index is 12.5. The maximum absolute atomic E-state index is 12.5. The van der Waals surface area contributed by atoms with Crippen LogP contribution in [0.25, 0.3) is 10.9 Å². The molecule has 0 radical (unpaired) electrons. The predicted octanol–water partition coefficient (Wildman–Crippen LogP) is -1.51. The standard InChI is InChI=1S/C21H28N6O6/c1-11(19(31)27-16(6-7-17(23)28)21(33)25-10-18(29)30)26-20(32)14(22)8-12-9-24-15-5-3-2-4-13(12)15/h2-5,9,11,14,16,24H,6-8,10,22H2,1H3,(H2,23,28)(H,25,33)(H,26,32)(H,27,31)(H,29,30). The molecule has 1 aromatic carbocycles. The second-order valence-corrected chi connectivity index (χ2v) is 7.58. The number of rotatable bonds is 12. The molecule has 2 aromatic rings. The van der Waals surface area contributed by atoms with E-state index in [0.29, 0.717) is 0 Å². The number of amides is 4. The second-order valence-electron chi connectivity index (χ2n) is 7.58. The Morgan fingerprint density at radius 1 is 1.06 bits per heavy atom. The molecule has 33 heavy (non-hydrogen) atoms. The molecule has 1 heterocycles. The monoisotopic (exact) mass is 460 g/mol. The first-order valence-electron chi connectivity index (χ1n) is 10.3. The van der Waals surface area contributed by atoms with Crippen molar-refractivity contribution in [1.29, 1.82) is 0 Å². The minimum atomic E-state index is -1.27. The van der Waals surface area contributed by atoms with Crippen LogP contribution in [0.5, 0.6) is 0 Å². The van der Waals surface area contributed by atoms with Crippen molar-refractivity contribution in [3.63, 3.8) is 0 Å². The van der Waals surface area contributed by atoms with Gasteiger partial charge in [-0.2, -0.15) is 0 Å². The number of carbonyl (C=O) groups excluding carboxylic acids is 4. The Kier molecular flexibility index (Phi) is 8.92. The lowest BCUT2D eigenvalue weighted by Crippen LogP contribution is -2.55. The van der Waals surface area contributed by atoms with Crippen LogP contribution in [0, 0.1) is 0 Å². The molecule has 0 aliphatic rings. The molecular formula is C21H28N6O6. The molecule has 1 aromatic heterocycles. The van der Waals surface area contributed by atoms with Gasteiger partial charge in [-0.25, -0.2) is 0 Å². The topological polar surface area (TPSA) is 209 Å². The van der Waals surface area contributed by atoms with Gasteiger partial charge in [-0.1, -0.05) is 18.2 Å². The van der Waals surface area contributed by atoms with Crippen molar-refractivity contribution >= 4 is 40.5 Å². The van der Waals surface area contributed by atoms with E-state index in [1.54, 1.807) is 6.20 Å². The fraction of sp³-hybridized carbons (Fsp3) is 0.381. The number of aromatic amines is 1. The fourth-order valence-electron chi connectivity index (χ4n) is 3.15. The third kappa shape index (κ3) is 7.61. The van der Waals surface area contributed by atoms with Gasteiger partial charge < -0.3 is 37.5 Å². The van der Waals surface area contributed by atoms with Gasteiger partial charge in [0, 0.05) is 23.5 Å². The van der Waals surface area contributed by atoms with Crippen LogP contribution in [0.1, 0.15) is 25.3 Å². The highest BCUT2D eigenvalue weighted by atomic mass is 16.4. The van der Waals surface area contributed by atoms with Crippen molar-refractivity contribution in [2.45, 2.75) is 44.3 Å². The zero-order chi connectivity index (χ0) is 24.5. The highest BCUT2D eigenvalue weighted by molar-refractivity contribution is 5.94. The Bertz CT molecular complexity index is 1040.